The van der Waals surface area contributed by atoms with Crippen LogP contribution in [0.15, 0.2) is 24.5 Å². The first-order chi connectivity index (χ1) is 8.25. The number of imidazole rings is 1. The van der Waals surface area contributed by atoms with E-state index in [1.807, 2.05) is 19.3 Å². The van der Waals surface area contributed by atoms with Crippen LogP contribution >= 0.6 is 0 Å². The maximum absolute atomic E-state index is 9.47. The maximum atomic E-state index is 9.47. The molecule has 0 unspecified atom stereocenters. The van der Waals surface area contributed by atoms with E-state index in [1.165, 1.54) is 0 Å². The molecule has 1 aliphatic carbocycles. The molecule has 1 aliphatic rings. The van der Waals surface area contributed by atoms with E-state index in [9.17, 15) is 5.26 Å². The highest BCUT2D eigenvalue weighted by Gasteiger charge is 2.35. The Bertz CT molecular complexity index is 597. The van der Waals surface area contributed by atoms with Gasteiger partial charge in [0.2, 0.25) is 0 Å². The number of fused-ring (bicyclic) bond motifs is 1. The van der Waals surface area contributed by atoms with E-state index in [1.54, 1.807) is 0 Å². The molecule has 2 aromatic heterocycles. The molecule has 1 saturated carbocycles. The van der Waals surface area contributed by atoms with Gasteiger partial charge in [0.1, 0.15) is 5.65 Å². The summed E-state index contributed by atoms with van der Waals surface area (Å²) >= 11 is 0. The Balaban J connectivity index is 2.15. The van der Waals surface area contributed by atoms with E-state index in [-0.39, 0.29) is 5.41 Å². The van der Waals surface area contributed by atoms with Gasteiger partial charge < -0.3 is 4.40 Å². The zero-order valence-electron chi connectivity index (χ0n) is 9.98. The lowest BCUT2D eigenvalue weighted by molar-refractivity contribution is 0.572. The van der Waals surface area contributed by atoms with E-state index < -0.39 is 0 Å². The standard InChI is InChI=1S/C14H15N3/c1-11-9-16-13-8-12(4-7-17(11)13)14(10-15)5-2-3-6-14/h4,7-9H,2-3,5-6H2,1H3. The zero-order chi connectivity index (χ0) is 11.9. The number of hydrogen-bond donors (Lipinski definition) is 0. The van der Waals surface area contributed by atoms with Gasteiger partial charge in [0.15, 0.2) is 0 Å². The number of pyridine rings is 1. The van der Waals surface area contributed by atoms with Crippen molar-refractivity contribution in [2.75, 3.05) is 0 Å². The first-order valence-corrected chi connectivity index (χ1v) is 6.11. The average Bonchev–Trinajstić information content (AvgIpc) is 2.97. The fourth-order valence-corrected chi connectivity index (χ4v) is 2.85. The number of aromatic nitrogens is 2. The first-order valence-electron chi connectivity index (χ1n) is 6.11. The van der Waals surface area contributed by atoms with Crippen LogP contribution in [0.3, 0.4) is 0 Å². The lowest BCUT2D eigenvalue weighted by atomic mass is 9.81. The molecular formula is C14H15N3. The molecule has 0 bridgehead atoms. The van der Waals surface area contributed by atoms with Crippen molar-refractivity contribution < 1.29 is 0 Å². The minimum Gasteiger partial charge on any atom is -0.304 e. The van der Waals surface area contributed by atoms with Crippen LogP contribution in [0.25, 0.3) is 5.65 Å². The third-order valence-corrected chi connectivity index (χ3v) is 3.92. The predicted molar refractivity (Wildman–Crippen MR) is 65.7 cm³/mol. The highest BCUT2D eigenvalue weighted by molar-refractivity contribution is 5.47. The van der Waals surface area contributed by atoms with E-state index in [2.05, 4.69) is 27.6 Å². The van der Waals surface area contributed by atoms with Crippen molar-refractivity contribution in [2.24, 2.45) is 0 Å². The van der Waals surface area contributed by atoms with Crippen LogP contribution in [-0.4, -0.2) is 9.38 Å². The van der Waals surface area contributed by atoms with Gasteiger partial charge in [-0.3, -0.25) is 0 Å². The van der Waals surface area contributed by atoms with Crippen molar-refractivity contribution >= 4 is 5.65 Å². The number of rotatable bonds is 1. The average molecular weight is 225 g/mol. The molecule has 86 valence electrons. The van der Waals surface area contributed by atoms with E-state index in [0.717, 1.165) is 42.6 Å². The van der Waals surface area contributed by atoms with Gasteiger partial charge >= 0.3 is 0 Å². The molecule has 3 nitrogen and oxygen atoms in total. The monoisotopic (exact) mass is 225 g/mol. The Hall–Kier alpha value is -1.82. The van der Waals surface area contributed by atoms with Gasteiger partial charge in [-0.1, -0.05) is 12.8 Å². The lowest BCUT2D eigenvalue weighted by Gasteiger charge is -2.20. The molecule has 0 spiro atoms. The number of hydrogen-bond acceptors (Lipinski definition) is 2. The number of aryl methyl sites for hydroxylation is 1. The number of nitrogens with zero attached hydrogens (tertiary/aromatic N) is 3. The molecule has 0 atom stereocenters. The third kappa shape index (κ3) is 1.44. The second kappa shape index (κ2) is 3.59. The Labute approximate surface area is 101 Å². The SMILES string of the molecule is Cc1cnc2cc(C3(C#N)CCCC3)ccn12. The fourth-order valence-electron chi connectivity index (χ4n) is 2.85. The van der Waals surface area contributed by atoms with Crippen LogP contribution in [0.5, 0.6) is 0 Å². The molecule has 2 heterocycles. The third-order valence-electron chi connectivity index (χ3n) is 3.92. The van der Waals surface area contributed by atoms with E-state index >= 15 is 0 Å². The molecule has 2 aromatic rings. The van der Waals surface area contributed by atoms with Crippen LogP contribution < -0.4 is 0 Å². The van der Waals surface area contributed by atoms with Crippen molar-refractivity contribution in [3.8, 4) is 6.07 Å². The van der Waals surface area contributed by atoms with Gasteiger partial charge in [-0.15, -0.1) is 0 Å². The van der Waals surface area contributed by atoms with Crippen LogP contribution in [0.2, 0.25) is 0 Å². The minimum atomic E-state index is -0.262. The second-order valence-corrected chi connectivity index (χ2v) is 4.94. The van der Waals surface area contributed by atoms with Gasteiger partial charge in [-0.2, -0.15) is 5.26 Å². The molecule has 0 aliphatic heterocycles. The van der Waals surface area contributed by atoms with Crippen molar-refractivity contribution in [1.29, 1.82) is 5.26 Å². The van der Waals surface area contributed by atoms with Gasteiger partial charge in [0, 0.05) is 18.1 Å². The molecule has 3 rings (SSSR count). The Kier molecular flexibility index (Phi) is 2.19. The van der Waals surface area contributed by atoms with Gasteiger partial charge in [0.05, 0.1) is 11.5 Å². The van der Waals surface area contributed by atoms with Crippen LogP contribution in [0.4, 0.5) is 0 Å². The molecule has 0 amide bonds. The van der Waals surface area contributed by atoms with Crippen molar-refractivity contribution in [2.45, 2.75) is 38.0 Å². The summed E-state index contributed by atoms with van der Waals surface area (Å²) in [5.74, 6) is 0. The smallest absolute Gasteiger partial charge is 0.137 e. The maximum Gasteiger partial charge on any atom is 0.137 e. The summed E-state index contributed by atoms with van der Waals surface area (Å²) in [4.78, 5) is 4.37. The molecule has 17 heavy (non-hydrogen) atoms. The fraction of sp³-hybridized carbons (Fsp3) is 0.429. The van der Waals surface area contributed by atoms with Crippen LogP contribution in [0, 0.1) is 18.3 Å². The Morgan fingerprint density at radius 3 is 2.88 bits per heavy atom. The summed E-state index contributed by atoms with van der Waals surface area (Å²) in [6.07, 6.45) is 8.19. The van der Waals surface area contributed by atoms with Crippen molar-refractivity contribution in [1.82, 2.24) is 9.38 Å². The quantitative estimate of drug-likeness (QED) is 0.748. The first kappa shape index (κ1) is 10.3. The minimum absolute atomic E-state index is 0.262. The van der Waals surface area contributed by atoms with Crippen molar-refractivity contribution in [3.63, 3.8) is 0 Å². The van der Waals surface area contributed by atoms with Gasteiger partial charge in [-0.05, 0) is 37.5 Å². The Morgan fingerprint density at radius 1 is 1.41 bits per heavy atom. The predicted octanol–water partition coefficient (Wildman–Crippen LogP) is 2.98. The molecule has 0 aromatic carbocycles. The van der Waals surface area contributed by atoms with E-state index in [0.29, 0.717) is 0 Å². The highest BCUT2D eigenvalue weighted by atomic mass is 15.0. The summed E-state index contributed by atoms with van der Waals surface area (Å²) < 4.78 is 2.06. The molecule has 0 N–H and O–H groups in total. The molecular weight excluding hydrogens is 210 g/mol. The zero-order valence-corrected chi connectivity index (χ0v) is 9.98. The second-order valence-electron chi connectivity index (χ2n) is 4.94. The van der Waals surface area contributed by atoms with Crippen LogP contribution in [0.1, 0.15) is 36.9 Å². The highest BCUT2D eigenvalue weighted by Crippen LogP contribution is 2.40. The Morgan fingerprint density at radius 2 is 2.18 bits per heavy atom. The molecule has 0 radical (unpaired) electrons. The largest absolute Gasteiger partial charge is 0.304 e. The molecule has 3 heteroatoms. The topological polar surface area (TPSA) is 41.1 Å². The van der Waals surface area contributed by atoms with Gasteiger partial charge in [-0.25, -0.2) is 4.98 Å². The summed E-state index contributed by atoms with van der Waals surface area (Å²) in [5, 5.41) is 9.47. The number of nitriles is 1. The molecule has 1 fully saturated rings. The van der Waals surface area contributed by atoms with Crippen LogP contribution in [-0.2, 0) is 5.41 Å². The summed E-state index contributed by atoms with van der Waals surface area (Å²) in [6, 6.07) is 6.68. The normalized spacial score (nSPS) is 18.4. The lowest BCUT2D eigenvalue weighted by Crippen LogP contribution is -2.19. The summed E-state index contributed by atoms with van der Waals surface area (Å²) in [7, 11) is 0. The molecule has 0 saturated heterocycles. The summed E-state index contributed by atoms with van der Waals surface area (Å²) in [6.45, 7) is 2.04. The van der Waals surface area contributed by atoms with Crippen molar-refractivity contribution in [3.05, 3.63) is 35.8 Å². The summed E-state index contributed by atoms with van der Waals surface area (Å²) in [5.41, 5.74) is 2.95. The van der Waals surface area contributed by atoms with E-state index in [4.69, 9.17) is 0 Å². The van der Waals surface area contributed by atoms with Gasteiger partial charge in [0.25, 0.3) is 0 Å².